The number of alkyl carbamates (subject to hydrolysis) is 1. The van der Waals surface area contributed by atoms with E-state index in [0.29, 0.717) is 18.8 Å². The Morgan fingerprint density at radius 1 is 0.857 bits per heavy atom. The van der Waals surface area contributed by atoms with E-state index in [1.807, 2.05) is 78.9 Å². The van der Waals surface area contributed by atoms with E-state index < -0.39 is 24.0 Å². The van der Waals surface area contributed by atoms with Crippen LogP contribution in [0.1, 0.15) is 56.6 Å². The molecule has 1 aliphatic rings. The average Bonchev–Trinajstić information content (AvgIpc) is 3.64. The number of ether oxygens (including phenoxy) is 2. The highest BCUT2D eigenvalue weighted by atomic mass is 16.5. The van der Waals surface area contributed by atoms with Gasteiger partial charge >= 0.3 is 12.1 Å². The highest BCUT2D eigenvalue weighted by Gasteiger charge is 2.35. The Hall–Kier alpha value is -5.25. The summed E-state index contributed by atoms with van der Waals surface area (Å²) in [7, 11) is 0. The maximum Gasteiger partial charge on any atom is 0.408 e. The van der Waals surface area contributed by atoms with Gasteiger partial charge in [-0.3, -0.25) is 9.59 Å². The number of likely N-dealkylation sites (tertiary alicyclic amines) is 1. The largest absolute Gasteiger partial charge is 0.494 e. The first-order valence-electron chi connectivity index (χ1n) is 17.0. The van der Waals surface area contributed by atoms with E-state index in [1.165, 1.54) is 30.6 Å². The monoisotopic (exact) mass is 664 g/mol. The quantitative estimate of drug-likeness (QED) is 0.123. The molecular weight excluding hydrogens is 620 g/mol. The number of aliphatic carboxylic acids is 1. The summed E-state index contributed by atoms with van der Waals surface area (Å²) < 4.78 is 11.3. The molecule has 0 radical (unpaired) electrons. The van der Waals surface area contributed by atoms with Crippen LogP contribution in [0.15, 0.2) is 91.3 Å². The number of nitrogens with zero attached hydrogens (tertiary/aromatic N) is 3. The van der Waals surface area contributed by atoms with Crippen LogP contribution >= 0.6 is 0 Å². The van der Waals surface area contributed by atoms with Crippen molar-refractivity contribution in [3.05, 3.63) is 102 Å². The Balaban J connectivity index is 1.19. The van der Waals surface area contributed by atoms with Gasteiger partial charge in [-0.05, 0) is 41.7 Å². The van der Waals surface area contributed by atoms with Gasteiger partial charge in [0.1, 0.15) is 18.4 Å². The second kappa shape index (κ2) is 17.8. The molecular formula is C39H44N4O6. The maximum absolute atomic E-state index is 13.5. The molecule has 0 aliphatic carbocycles. The van der Waals surface area contributed by atoms with Gasteiger partial charge in [0.15, 0.2) is 5.82 Å². The summed E-state index contributed by atoms with van der Waals surface area (Å²) in [5.41, 5.74) is 4.32. The van der Waals surface area contributed by atoms with Crippen molar-refractivity contribution in [1.29, 1.82) is 0 Å². The zero-order valence-electron chi connectivity index (χ0n) is 27.9. The lowest BCUT2D eigenvalue weighted by Gasteiger charge is -2.24. The Kier molecular flexibility index (Phi) is 12.7. The van der Waals surface area contributed by atoms with E-state index in [4.69, 9.17) is 9.47 Å². The molecule has 2 atom stereocenters. The first-order chi connectivity index (χ1) is 23.9. The predicted molar refractivity (Wildman–Crippen MR) is 187 cm³/mol. The van der Waals surface area contributed by atoms with Gasteiger partial charge < -0.3 is 24.8 Å². The molecule has 10 heteroatoms. The van der Waals surface area contributed by atoms with Gasteiger partial charge in [-0.2, -0.15) is 0 Å². The van der Waals surface area contributed by atoms with Crippen LogP contribution in [0.3, 0.4) is 0 Å². The topological polar surface area (TPSA) is 131 Å². The number of hydrogen-bond donors (Lipinski definition) is 2. The number of aromatic nitrogens is 2. The third-order valence-electron chi connectivity index (χ3n) is 8.66. The van der Waals surface area contributed by atoms with Crippen LogP contribution in [0.25, 0.3) is 22.5 Å². The number of carbonyl (C=O) groups is 3. The zero-order valence-corrected chi connectivity index (χ0v) is 27.9. The lowest BCUT2D eigenvalue weighted by atomic mass is 10.0. The molecule has 2 N–H and O–H groups in total. The van der Waals surface area contributed by atoms with Crippen LogP contribution in [0.5, 0.6) is 5.75 Å². The summed E-state index contributed by atoms with van der Waals surface area (Å²) in [6.45, 7) is 3.42. The summed E-state index contributed by atoms with van der Waals surface area (Å²) in [5.74, 6) is -0.483. The lowest BCUT2D eigenvalue weighted by molar-refractivity contribution is -0.141. The van der Waals surface area contributed by atoms with Crippen molar-refractivity contribution < 1.29 is 29.0 Å². The van der Waals surface area contributed by atoms with Crippen LogP contribution in [0.2, 0.25) is 0 Å². The molecule has 2 unspecified atom stereocenters. The minimum Gasteiger partial charge on any atom is -0.494 e. The average molecular weight is 665 g/mol. The van der Waals surface area contributed by atoms with Crippen molar-refractivity contribution in [3.8, 4) is 28.3 Å². The fraction of sp³-hybridized carbons (Fsp3) is 0.359. The van der Waals surface area contributed by atoms with E-state index in [2.05, 4.69) is 22.2 Å². The van der Waals surface area contributed by atoms with E-state index in [-0.39, 0.29) is 25.5 Å². The number of unbranched alkanes of at least 4 members (excludes halogenated alkanes) is 4. The van der Waals surface area contributed by atoms with Crippen LogP contribution in [-0.4, -0.2) is 63.7 Å². The SMILES string of the molecule is CCCCCCCOc1ccc(-c2cnc(-c3ccc(CC(NC(=O)OCc4ccccc4)C(=O)N4CCC(C(=O)O)C4)cc3)nc2)cc1. The lowest BCUT2D eigenvalue weighted by Crippen LogP contribution is -2.49. The molecule has 0 saturated carbocycles. The Morgan fingerprint density at radius 2 is 1.55 bits per heavy atom. The summed E-state index contributed by atoms with van der Waals surface area (Å²) in [6, 6.07) is 23.8. The maximum atomic E-state index is 13.5. The van der Waals surface area contributed by atoms with Crippen molar-refractivity contribution in [2.45, 2.75) is 64.5 Å². The summed E-state index contributed by atoms with van der Waals surface area (Å²) >= 11 is 0. The van der Waals surface area contributed by atoms with Crippen molar-refractivity contribution in [1.82, 2.24) is 20.2 Å². The second-order valence-electron chi connectivity index (χ2n) is 12.4. The molecule has 1 aliphatic heterocycles. The summed E-state index contributed by atoms with van der Waals surface area (Å²) in [6.07, 6.45) is 9.45. The van der Waals surface area contributed by atoms with E-state index in [9.17, 15) is 19.5 Å². The molecule has 2 amide bonds. The molecule has 0 spiro atoms. The minimum atomic E-state index is -0.931. The molecule has 49 heavy (non-hydrogen) atoms. The van der Waals surface area contributed by atoms with Crippen molar-refractivity contribution in [2.75, 3.05) is 19.7 Å². The number of benzene rings is 3. The first kappa shape index (κ1) is 35.1. The molecule has 3 aromatic carbocycles. The van der Waals surface area contributed by atoms with Gasteiger partial charge in [0, 0.05) is 43.0 Å². The summed E-state index contributed by atoms with van der Waals surface area (Å²) in [4.78, 5) is 48.4. The molecule has 256 valence electrons. The third-order valence-corrected chi connectivity index (χ3v) is 8.66. The normalized spacial score (nSPS) is 14.6. The number of carboxylic acid groups (broad SMARTS) is 1. The highest BCUT2D eigenvalue weighted by Crippen LogP contribution is 2.24. The number of nitrogens with one attached hydrogen (secondary N) is 1. The molecule has 4 aromatic rings. The molecule has 1 aromatic heterocycles. The molecule has 2 heterocycles. The summed E-state index contributed by atoms with van der Waals surface area (Å²) in [5, 5.41) is 12.1. The Morgan fingerprint density at radius 3 is 2.22 bits per heavy atom. The molecule has 1 saturated heterocycles. The predicted octanol–water partition coefficient (Wildman–Crippen LogP) is 6.93. The molecule has 5 rings (SSSR count). The van der Waals surface area contributed by atoms with Crippen molar-refractivity contribution >= 4 is 18.0 Å². The van der Waals surface area contributed by atoms with Crippen LogP contribution in [-0.2, 0) is 27.4 Å². The fourth-order valence-corrected chi connectivity index (χ4v) is 5.78. The Bertz CT molecular complexity index is 1650. The van der Waals surface area contributed by atoms with E-state index >= 15 is 0 Å². The fourth-order valence-electron chi connectivity index (χ4n) is 5.78. The number of rotatable bonds is 16. The van der Waals surface area contributed by atoms with Crippen molar-refractivity contribution in [3.63, 3.8) is 0 Å². The van der Waals surface area contributed by atoms with Crippen molar-refractivity contribution in [2.24, 2.45) is 5.92 Å². The van der Waals surface area contributed by atoms with Gasteiger partial charge in [-0.1, -0.05) is 99.3 Å². The molecule has 0 bridgehead atoms. The van der Waals surface area contributed by atoms with Gasteiger partial charge in [0.2, 0.25) is 5.91 Å². The smallest absolute Gasteiger partial charge is 0.408 e. The molecule has 10 nitrogen and oxygen atoms in total. The van der Waals surface area contributed by atoms with Crippen LogP contribution in [0, 0.1) is 5.92 Å². The standard InChI is InChI=1S/C39H44N4O6/c1-2-3-4-5-9-22-48-34-18-16-30(17-19-34)33-24-40-36(41-25-33)31-14-12-28(13-15-31)23-35(37(44)43-21-20-32(26-43)38(45)46)42-39(47)49-27-29-10-7-6-8-11-29/h6-8,10-19,24-25,32,35H,2-5,9,20-23,26-27H2,1H3,(H,42,47)(H,45,46). The van der Waals surface area contributed by atoms with Gasteiger partial charge in [-0.15, -0.1) is 0 Å². The molecule has 1 fully saturated rings. The van der Waals surface area contributed by atoms with Crippen LogP contribution in [0.4, 0.5) is 4.79 Å². The van der Waals surface area contributed by atoms with Gasteiger partial charge in [-0.25, -0.2) is 14.8 Å². The number of carbonyl (C=O) groups excluding carboxylic acids is 2. The number of carboxylic acids is 1. The van der Waals surface area contributed by atoms with Crippen LogP contribution < -0.4 is 10.1 Å². The van der Waals surface area contributed by atoms with Gasteiger partial charge in [0.05, 0.1) is 12.5 Å². The minimum absolute atomic E-state index is 0.0604. The number of hydrogen-bond acceptors (Lipinski definition) is 7. The second-order valence-corrected chi connectivity index (χ2v) is 12.4. The zero-order chi connectivity index (χ0) is 34.4. The third kappa shape index (κ3) is 10.4. The van der Waals surface area contributed by atoms with E-state index in [0.717, 1.165) is 46.6 Å². The highest BCUT2D eigenvalue weighted by molar-refractivity contribution is 5.87. The van der Waals surface area contributed by atoms with Gasteiger partial charge in [0.25, 0.3) is 0 Å². The Labute approximate surface area is 287 Å². The number of amides is 2. The van der Waals surface area contributed by atoms with E-state index in [1.54, 1.807) is 12.4 Å². The first-order valence-corrected chi connectivity index (χ1v) is 17.0.